The molecule has 0 fully saturated rings. The van der Waals surface area contributed by atoms with Gasteiger partial charge in [-0.05, 0) is 56.2 Å². The molecule has 0 spiro atoms. The summed E-state index contributed by atoms with van der Waals surface area (Å²) in [6.45, 7) is 15.8. The molecule has 4 aromatic rings. The second-order valence-electron chi connectivity index (χ2n) is 12.2. The van der Waals surface area contributed by atoms with Gasteiger partial charge in [0, 0.05) is 47.0 Å². The Bertz CT molecular complexity index is 1540. The Morgan fingerprint density at radius 1 is 1.02 bits per heavy atom. The highest BCUT2D eigenvalue weighted by Crippen LogP contribution is 2.38. The van der Waals surface area contributed by atoms with E-state index in [1.807, 2.05) is 12.3 Å². The van der Waals surface area contributed by atoms with Crippen LogP contribution < -0.4 is 5.32 Å². The van der Waals surface area contributed by atoms with Gasteiger partial charge in [-0.15, -0.1) is 0 Å². The van der Waals surface area contributed by atoms with E-state index in [9.17, 15) is 14.0 Å². The Hall–Kier alpha value is -3.76. The second-order valence-corrected chi connectivity index (χ2v) is 17.0. The number of aromatic nitrogens is 4. The molecule has 0 saturated heterocycles. The fourth-order valence-electron chi connectivity index (χ4n) is 4.07. The van der Waals surface area contributed by atoms with Crippen LogP contribution in [0.2, 0.25) is 18.1 Å². The summed E-state index contributed by atoms with van der Waals surface area (Å²) in [5.74, 6) is -1.06. The Morgan fingerprint density at radius 3 is 2.45 bits per heavy atom. The summed E-state index contributed by atoms with van der Waals surface area (Å²) in [4.78, 5) is 38.6. The lowest BCUT2D eigenvalue weighted by Gasteiger charge is -2.39. The summed E-state index contributed by atoms with van der Waals surface area (Å²) in [6, 6.07) is 6.20. The molecule has 210 valence electrons. The van der Waals surface area contributed by atoms with Crippen molar-refractivity contribution in [1.29, 1.82) is 0 Å². The minimum absolute atomic E-state index is 0.0381. The number of carbonyl (C=O) groups is 2. The molecule has 10 heteroatoms. The van der Waals surface area contributed by atoms with Gasteiger partial charge in [0.05, 0.1) is 42.2 Å². The van der Waals surface area contributed by atoms with Crippen LogP contribution in [-0.4, -0.2) is 46.1 Å². The van der Waals surface area contributed by atoms with Gasteiger partial charge in [0.15, 0.2) is 14.1 Å². The van der Waals surface area contributed by atoms with Crippen molar-refractivity contribution in [2.45, 2.75) is 64.7 Å². The van der Waals surface area contributed by atoms with Crippen molar-refractivity contribution in [3.05, 3.63) is 84.1 Å². The van der Waals surface area contributed by atoms with E-state index in [0.29, 0.717) is 29.1 Å². The summed E-state index contributed by atoms with van der Waals surface area (Å²) in [6.07, 6.45) is 9.24. The van der Waals surface area contributed by atoms with Crippen molar-refractivity contribution in [2.75, 3.05) is 11.9 Å². The van der Waals surface area contributed by atoms with Crippen molar-refractivity contribution in [2.24, 2.45) is 0 Å². The molecule has 40 heavy (non-hydrogen) atoms. The van der Waals surface area contributed by atoms with E-state index in [4.69, 9.17) is 4.43 Å². The van der Waals surface area contributed by atoms with Gasteiger partial charge >= 0.3 is 0 Å². The zero-order valence-electron chi connectivity index (χ0n) is 24.1. The van der Waals surface area contributed by atoms with Gasteiger partial charge in [-0.1, -0.05) is 20.8 Å². The first-order valence-corrected chi connectivity index (χ1v) is 16.1. The van der Waals surface area contributed by atoms with Crippen molar-refractivity contribution in [1.82, 2.24) is 19.5 Å². The number of ketones is 1. The zero-order chi connectivity index (χ0) is 29.3. The van der Waals surface area contributed by atoms with Crippen LogP contribution in [0.5, 0.6) is 0 Å². The van der Waals surface area contributed by atoms with Crippen LogP contribution in [-0.2, 0) is 21.2 Å². The maximum Gasteiger partial charge on any atom is 0.230 e. The summed E-state index contributed by atoms with van der Waals surface area (Å²) >= 11 is 0. The number of rotatable bonds is 9. The molecule has 0 aliphatic rings. The molecule has 0 aliphatic carbocycles. The Balaban J connectivity index is 1.59. The highest BCUT2D eigenvalue weighted by atomic mass is 28.4. The van der Waals surface area contributed by atoms with Gasteiger partial charge in [-0.2, -0.15) is 0 Å². The van der Waals surface area contributed by atoms with E-state index in [-0.39, 0.29) is 23.1 Å². The lowest BCUT2D eigenvalue weighted by atomic mass is 10.0. The van der Waals surface area contributed by atoms with Gasteiger partial charge < -0.3 is 14.3 Å². The number of halogens is 1. The van der Waals surface area contributed by atoms with Crippen LogP contribution >= 0.6 is 0 Å². The highest BCUT2D eigenvalue weighted by molar-refractivity contribution is 6.74. The molecular weight excluding hydrogens is 525 g/mol. The molecule has 4 aromatic heterocycles. The SMILES string of the molecule is CC(C)(CO[Si](C)(C)C(C)(C)C)n1cc(C(=O)c2cncc(NC(=O)Cc3ccc(F)cn3)c2)c2cnccc21. The minimum Gasteiger partial charge on any atom is -0.414 e. The van der Waals surface area contributed by atoms with Crippen molar-refractivity contribution < 1.29 is 18.4 Å². The lowest BCUT2D eigenvalue weighted by Crippen LogP contribution is -2.45. The Morgan fingerprint density at radius 2 is 1.77 bits per heavy atom. The number of anilines is 1. The molecule has 0 unspecified atom stereocenters. The average molecular weight is 562 g/mol. The largest absolute Gasteiger partial charge is 0.414 e. The topological polar surface area (TPSA) is 99.0 Å². The first kappa shape index (κ1) is 29.2. The molecule has 0 aliphatic heterocycles. The van der Waals surface area contributed by atoms with Crippen molar-refractivity contribution in [3.63, 3.8) is 0 Å². The number of nitrogens with one attached hydrogen (secondary N) is 1. The van der Waals surface area contributed by atoms with Crippen LogP contribution in [0.1, 0.15) is 56.2 Å². The average Bonchev–Trinajstić information content (AvgIpc) is 3.29. The quantitative estimate of drug-likeness (QED) is 0.195. The van der Waals surface area contributed by atoms with Gasteiger partial charge in [0.25, 0.3) is 0 Å². The number of hydrogen-bond acceptors (Lipinski definition) is 6. The smallest absolute Gasteiger partial charge is 0.230 e. The number of nitrogens with zero attached hydrogens (tertiary/aromatic N) is 4. The first-order chi connectivity index (χ1) is 18.7. The molecule has 4 rings (SSSR count). The molecule has 0 saturated carbocycles. The minimum atomic E-state index is -1.99. The standard InChI is InChI=1S/C30H36FN5O3Si/c1-29(2,3)40(6,7)39-19-30(4,5)36-18-25(24-17-32-11-10-26(24)36)28(38)20-12-23(16-33-14-20)35-27(37)13-22-9-8-21(31)15-34-22/h8-12,14-18H,13,19H2,1-7H3,(H,35,37). The van der Waals surface area contributed by atoms with Crippen molar-refractivity contribution >= 4 is 36.6 Å². The number of carbonyl (C=O) groups excluding carboxylic acids is 2. The first-order valence-electron chi connectivity index (χ1n) is 13.2. The van der Waals surface area contributed by atoms with Crippen LogP contribution in [0.3, 0.4) is 0 Å². The van der Waals surface area contributed by atoms with Gasteiger partial charge in [0.2, 0.25) is 5.91 Å². The fraction of sp³-hybridized carbons (Fsp3) is 0.367. The van der Waals surface area contributed by atoms with E-state index in [0.717, 1.165) is 17.1 Å². The molecule has 0 radical (unpaired) electrons. The monoisotopic (exact) mass is 561 g/mol. The predicted octanol–water partition coefficient (Wildman–Crippen LogP) is 6.13. The summed E-state index contributed by atoms with van der Waals surface area (Å²) in [5.41, 5.74) is 2.07. The summed E-state index contributed by atoms with van der Waals surface area (Å²) in [7, 11) is -1.99. The van der Waals surface area contributed by atoms with Crippen LogP contribution in [0.25, 0.3) is 10.9 Å². The fourth-order valence-corrected chi connectivity index (χ4v) is 5.21. The van der Waals surface area contributed by atoms with Gasteiger partial charge in [-0.3, -0.25) is 24.5 Å². The second kappa shape index (κ2) is 11.0. The molecule has 1 amide bonds. The van der Waals surface area contributed by atoms with Crippen molar-refractivity contribution in [3.8, 4) is 0 Å². The molecule has 4 heterocycles. The van der Waals surface area contributed by atoms with Gasteiger partial charge in [0.1, 0.15) is 5.82 Å². The van der Waals surface area contributed by atoms with Gasteiger partial charge in [-0.25, -0.2) is 4.39 Å². The molecular formula is C30H36FN5O3Si. The zero-order valence-corrected chi connectivity index (χ0v) is 25.1. The lowest BCUT2D eigenvalue weighted by molar-refractivity contribution is -0.115. The molecule has 8 nitrogen and oxygen atoms in total. The Labute approximate surface area is 235 Å². The maximum atomic E-state index is 13.7. The highest BCUT2D eigenvalue weighted by Gasteiger charge is 2.39. The Kier molecular flexibility index (Phi) is 8.05. The predicted molar refractivity (Wildman–Crippen MR) is 156 cm³/mol. The number of pyridine rings is 3. The normalized spacial score (nSPS) is 12.5. The molecule has 1 N–H and O–H groups in total. The summed E-state index contributed by atoms with van der Waals surface area (Å²) in [5, 5.41) is 3.55. The maximum absolute atomic E-state index is 13.7. The van der Waals surface area contributed by atoms with E-state index < -0.39 is 19.7 Å². The molecule has 0 aromatic carbocycles. The molecule has 0 atom stereocenters. The number of amides is 1. The third-order valence-corrected chi connectivity index (χ3v) is 12.0. The summed E-state index contributed by atoms with van der Waals surface area (Å²) < 4.78 is 21.8. The van der Waals surface area contributed by atoms with E-state index in [1.54, 1.807) is 18.5 Å². The van der Waals surface area contributed by atoms with E-state index in [2.05, 4.69) is 72.5 Å². The van der Waals surface area contributed by atoms with Crippen LogP contribution in [0.15, 0.2) is 61.4 Å². The third-order valence-electron chi connectivity index (χ3n) is 7.51. The van der Waals surface area contributed by atoms with Crippen LogP contribution in [0, 0.1) is 5.82 Å². The van der Waals surface area contributed by atoms with E-state index in [1.165, 1.54) is 24.5 Å². The van der Waals surface area contributed by atoms with Crippen LogP contribution in [0.4, 0.5) is 10.1 Å². The number of hydrogen-bond donors (Lipinski definition) is 1. The molecule has 0 bridgehead atoms. The number of fused-ring (bicyclic) bond motifs is 1. The third kappa shape index (κ3) is 6.34. The van der Waals surface area contributed by atoms with E-state index >= 15 is 0 Å².